The van der Waals surface area contributed by atoms with E-state index in [9.17, 15) is 4.79 Å². The molecular weight excluding hydrogens is 414 g/mol. The molecule has 2 bridgehead atoms. The van der Waals surface area contributed by atoms with Gasteiger partial charge >= 0.3 is 6.01 Å². The van der Waals surface area contributed by atoms with E-state index in [1.807, 2.05) is 30.6 Å². The van der Waals surface area contributed by atoms with Crippen LogP contribution in [-0.4, -0.2) is 42.8 Å². The molecule has 166 valence electrons. The van der Waals surface area contributed by atoms with Crippen molar-refractivity contribution in [1.29, 1.82) is 0 Å². The molecule has 0 radical (unpaired) electrons. The lowest BCUT2D eigenvalue weighted by molar-refractivity contribution is 0.0524. The summed E-state index contributed by atoms with van der Waals surface area (Å²) in [5.41, 5.74) is 2.95. The lowest BCUT2D eigenvalue weighted by Crippen LogP contribution is -2.46. The van der Waals surface area contributed by atoms with E-state index in [1.54, 1.807) is 24.5 Å². The van der Waals surface area contributed by atoms with Crippen molar-refractivity contribution >= 4 is 16.9 Å². The molecule has 4 aromatic rings. The second kappa shape index (κ2) is 8.31. The van der Waals surface area contributed by atoms with Gasteiger partial charge in [-0.1, -0.05) is 6.07 Å². The smallest absolute Gasteiger partial charge is 0.321 e. The Hall–Kier alpha value is -3.74. The standard InChI is InChI=1S/C26H25N5O2/c32-25(19-3-1-4-22(16-19)33-26-29-9-2-10-30-26)31-20-5-6-21(31)15-17(14-20)13-18-7-11-27-24-23(18)8-12-28-24/h1-4,7-12,16-17,20-21H,5-6,13-15H2,(H,27,28)/t20-,21-/m0/s1. The summed E-state index contributed by atoms with van der Waals surface area (Å²) in [5, 5.41) is 1.21. The van der Waals surface area contributed by atoms with Crippen molar-refractivity contribution in [2.75, 3.05) is 0 Å². The molecule has 3 aromatic heterocycles. The zero-order chi connectivity index (χ0) is 22.2. The number of piperidine rings is 1. The van der Waals surface area contributed by atoms with Crippen LogP contribution in [-0.2, 0) is 6.42 Å². The van der Waals surface area contributed by atoms with Gasteiger partial charge in [0.15, 0.2) is 0 Å². The first-order valence-electron chi connectivity index (χ1n) is 11.5. The van der Waals surface area contributed by atoms with E-state index in [4.69, 9.17) is 4.74 Å². The molecule has 0 saturated carbocycles. The molecule has 2 aliphatic rings. The Morgan fingerprint density at radius 3 is 2.64 bits per heavy atom. The topological polar surface area (TPSA) is 84.0 Å². The minimum absolute atomic E-state index is 0.0947. The van der Waals surface area contributed by atoms with Crippen LogP contribution in [0.25, 0.3) is 11.0 Å². The van der Waals surface area contributed by atoms with E-state index in [0.29, 0.717) is 29.3 Å². The number of amides is 1. The van der Waals surface area contributed by atoms with Crippen LogP contribution in [0.4, 0.5) is 0 Å². The van der Waals surface area contributed by atoms with Crippen molar-refractivity contribution in [3.63, 3.8) is 0 Å². The number of H-pyrrole nitrogens is 1. The maximum absolute atomic E-state index is 13.5. The number of aromatic amines is 1. The third kappa shape index (κ3) is 3.84. The molecule has 1 amide bonds. The van der Waals surface area contributed by atoms with Crippen molar-refractivity contribution in [1.82, 2.24) is 24.8 Å². The third-order valence-corrected chi connectivity index (χ3v) is 6.96. The fourth-order valence-electron chi connectivity index (χ4n) is 5.58. The second-order valence-corrected chi connectivity index (χ2v) is 9.01. The SMILES string of the molecule is O=C(c1cccc(Oc2ncccn2)c1)N1[C@H]2CC[C@H]1CC(Cc1ccnc3[nH]ccc13)C2. The summed E-state index contributed by atoms with van der Waals surface area (Å²) in [4.78, 5) is 31.4. The largest absolute Gasteiger partial charge is 0.424 e. The molecule has 7 heteroatoms. The predicted octanol–water partition coefficient (Wildman–Crippen LogP) is 4.77. The lowest BCUT2D eigenvalue weighted by Gasteiger charge is -2.39. The van der Waals surface area contributed by atoms with Gasteiger partial charge in [-0.3, -0.25) is 4.79 Å². The van der Waals surface area contributed by atoms with Crippen molar-refractivity contribution < 1.29 is 9.53 Å². The third-order valence-electron chi connectivity index (χ3n) is 6.96. The summed E-state index contributed by atoms with van der Waals surface area (Å²) < 4.78 is 5.74. The van der Waals surface area contributed by atoms with Gasteiger partial charge in [0.05, 0.1) is 0 Å². The van der Waals surface area contributed by atoms with Gasteiger partial charge in [-0.2, -0.15) is 0 Å². The number of rotatable bonds is 5. The van der Waals surface area contributed by atoms with Crippen molar-refractivity contribution in [3.8, 4) is 11.8 Å². The van der Waals surface area contributed by atoms with E-state index >= 15 is 0 Å². The molecule has 1 N–H and O–H groups in total. The molecule has 33 heavy (non-hydrogen) atoms. The van der Waals surface area contributed by atoms with Gasteiger partial charge in [-0.25, -0.2) is 15.0 Å². The summed E-state index contributed by atoms with van der Waals surface area (Å²) >= 11 is 0. The van der Waals surface area contributed by atoms with Crippen LogP contribution in [0.1, 0.15) is 41.6 Å². The summed E-state index contributed by atoms with van der Waals surface area (Å²) in [5.74, 6) is 1.25. The van der Waals surface area contributed by atoms with Gasteiger partial charge in [0.1, 0.15) is 11.4 Å². The Labute approximate surface area is 191 Å². The monoisotopic (exact) mass is 439 g/mol. The van der Waals surface area contributed by atoms with E-state index in [1.165, 1.54) is 10.9 Å². The number of benzene rings is 1. The molecule has 0 unspecified atom stereocenters. The number of nitrogens with zero attached hydrogens (tertiary/aromatic N) is 4. The second-order valence-electron chi connectivity index (χ2n) is 9.01. The number of fused-ring (bicyclic) bond motifs is 3. The molecule has 6 rings (SSSR count). The van der Waals surface area contributed by atoms with E-state index < -0.39 is 0 Å². The number of carbonyl (C=O) groups excluding carboxylic acids is 1. The maximum Gasteiger partial charge on any atom is 0.321 e. The van der Waals surface area contributed by atoms with Gasteiger partial charge in [-0.15, -0.1) is 0 Å². The van der Waals surface area contributed by atoms with Crippen LogP contribution in [0.5, 0.6) is 11.8 Å². The van der Waals surface area contributed by atoms with Gasteiger partial charge in [-0.05, 0) is 80.0 Å². The van der Waals surface area contributed by atoms with Gasteiger partial charge < -0.3 is 14.6 Å². The molecule has 0 spiro atoms. The first kappa shape index (κ1) is 19.9. The Balaban J connectivity index is 1.17. The van der Waals surface area contributed by atoms with Crippen LogP contribution in [0.2, 0.25) is 0 Å². The van der Waals surface area contributed by atoms with Crippen LogP contribution in [0.15, 0.2) is 67.3 Å². The van der Waals surface area contributed by atoms with Crippen LogP contribution < -0.4 is 4.74 Å². The normalized spacial score (nSPS) is 21.9. The average Bonchev–Trinajstić information content (AvgIpc) is 3.42. The van der Waals surface area contributed by atoms with Crippen LogP contribution in [0.3, 0.4) is 0 Å². The number of aromatic nitrogens is 4. The summed E-state index contributed by atoms with van der Waals surface area (Å²) in [6.07, 6.45) is 12.4. The average molecular weight is 440 g/mol. The van der Waals surface area contributed by atoms with E-state index in [0.717, 1.165) is 37.8 Å². The fourth-order valence-corrected chi connectivity index (χ4v) is 5.58. The molecule has 2 atom stereocenters. The Bertz CT molecular complexity index is 1270. The summed E-state index contributed by atoms with van der Waals surface area (Å²) in [7, 11) is 0. The van der Waals surface area contributed by atoms with Crippen LogP contribution >= 0.6 is 0 Å². The zero-order valence-electron chi connectivity index (χ0n) is 18.2. The number of hydrogen-bond acceptors (Lipinski definition) is 5. The first-order chi connectivity index (χ1) is 16.2. The lowest BCUT2D eigenvalue weighted by atomic mass is 9.85. The Kier molecular flexibility index (Phi) is 5.02. The van der Waals surface area contributed by atoms with Gasteiger partial charge in [0, 0.05) is 47.8 Å². The summed E-state index contributed by atoms with van der Waals surface area (Å²) in [6.45, 7) is 0. The quantitative estimate of drug-likeness (QED) is 0.484. The predicted molar refractivity (Wildman–Crippen MR) is 124 cm³/mol. The number of carbonyl (C=O) groups is 1. The molecule has 7 nitrogen and oxygen atoms in total. The molecule has 1 aromatic carbocycles. The van der Waals surface area contributed by atoms with Crippen LogP contribution in [0, 0.1) is 5.92 Å². The highest BCUT2D eigenvalue weighted by molar-refractivity contribution is 5.95. The maximum atomic E-state index is 13.5. The molecular formula is C26H25N5O2. The minimum atomic E-state index is 0.0947. The Morgan fingerprint density at radius 2 is 1.82 bits per heavy atom. The van der Waals surface area contributed by atoms with Crippen molar-refractivity contribution in [2.45, 2.75) is 44.2 Å². The number of ether oxygens (including phenoxy) is 1. The van der Waals surface area contributed by atoms with Gasteiger partial charge in [0.25, 0.3) is 5.91 Å². The molecule has 2 aliphatic heterocycles. The molecule has 2 saturated heterocycles. The Morgan fingerprint density at radius 1 is 1.00 bits per heavy atom. The highest BCUT2D eigenvalue weighted by Gasteiger charge is 2.43. The highest BCUT2D eigenvalue weighted by atomic mass is 16.5. The number of hydrogen-bond donors (Lipinski definition) is 1. The van der Waals surface area contributed by atoms with Crippen molar-refractivity contribution in [3.05, 3.63) is 78.4 Å². The molecule has 2 fully saturated rings. The minimum Gasteiger partial charge on any atom is -0.424 e. The number of nitrogens with one attached hydrogen (secondary N) is 1. The zero-order valence-corrected chi connectivity index (χ0v) is 18.2. The van der Waals surface area contributed by atoms with E-state index in [-0.39, 0.29) is 11.9 Å². The van der Waals surface area contributed by atoms with E-state index in [2.05, 4.69) is 37.0 Å². The fraction of sp³-hybridized carbons (Fsp3) is 0.308. The van der Waals surface area contributed by atoms with Crippen molar-refractivity contribution in [2.24, 2.45) is 5.92 Å². The molecule has 0 aliphatic carbocycles. The molecule has 5 heterocycles. The first-order valence-corrected chi connectivity index (χ1v) is 11.5. The summed E-state index contributed by atoms with van der Waals surface area (Å²) in [6, 6.07) is 14.2. The number of pyridine rings is 1. The van der Waals surface area contributed by atoms with Gasteiger partial charge in [0.2, 0.25) is 0 Å². The highest BCUT2D eigenvalue weighted by Crippen LogP contribution is 2.41.